The third-order valence-corrected chi connectivity index (χ3v) is 5.38. The second kappa shape index (κ2) is 8.90. The molecule has 1 aliphatic rings. The zero-order valence-electron chi connectivity index (χ0n) is 15.0. The molecule has 0 saturated carbocycles. The summed E-state index contributed by atoms with van der Waals surface area (Å²) >= 11 is 6.50. The van der Waals surface area contributed by atoms with Gasteiger partial charge in [-0.1, -0.05) is 48.2 Å². The number of nitrogens with zero attached hydrogens (tertiary/aromatic N) is 1. The van der Waals surface area contributed by atoms with Gasteiger partial charge in [0.25, 0.3) is 5.91 Å². The Hall–Kier alpha value is -2.84. The van der Waals surface area contributed by atoms with Crippen molar-refractivity contribution < 1.29 is 19.4 Å². The number of rotatable bonds is 6. The first-order valence-electron chi connectivity index (χ1n) is 8.45. The molecule has 0 spiro atoms. The van der Waals surface area contributed by atoms with Crippen molar-refractivity contribution in [3.8, 4) is 11.5 Å². The Morgan fingerprint density at radius 3 is 2.82 bits per heavy atom. The summed E-state index contributed by atoms with van der Waals surface area (Å²) in [5.41, 5.74) is 1.16. The number of methoxy groups -OCH3 is 1. The number of anilines is 1. The Bertz CT molecular complexity index is 959. The topological polar surface area (TPSA) is 78.9 Å². The molecule has 0 aromatic heterocycles. The van der Waals surface area contributed by atoms with Crippen molar-refractivity contribution in [3.05, 3.63) is 59.0 Å². The number of aromatic hydroxyl groups is 1. The third kappa shape index (κ3) is 4.71. The molecule has 0 aliphatic carbocycles. The number of carbonyl (C=O) groups is 2. The van der Waals surface area contributed by atoms with Gasteiger partial charge in [0, 0.05) is 13.0 Å². The molecule has 0 unspecified atom stereocenters. The first-order chi connectivity index (χ1) is 13.5. The second-order valence-electron chi connectivity index (χ2n) is 5.93. The minimum Gasteiger partial charge on any atom is -0.506 e. The second-order valence-corrected chi connectivity index (χ2v) is 7.60. The number of thioether (sulfide) groups is 1. The number of ether oxygens (including phenoxy) is 1. The number of thiocarbonyl (C=S) groups is 1. The maximum absolute atomic E-state index is 12.6. The SMILES string of the molecule is COc1cccc(C=C2SC(=S)N(CCC(=O)Nc3ccccc3O)C2=O)c1. The van der Waals surface area contributed by atoms with E-state index in [2.05, 4.69) is 5.32 Å². The van der Waals surface area contributed by atoms with Crippen molar-refractivity contribution in [2.75, 3.05) is 19.0 Å². The maximum Gasteiger partial charge on any atom is 0.266 e. The predicted molar refractivity (Wildman–Crippen MR) is 114 cm³/mol. The number of hydrogen-bond donors (Lipinski definition) is 2. The molecular weight excluding hydrogens is 396 g/mol. The minimum absolute atomic E-state index is 0.0114. The van der Waals surface area contributed by atoms with Gasteiger partial charge in [0.15, 0.2) is 0 Å². The lowest BCUT2D eigenvalue weighted by Gasteiger charge is -2.14. The Morgan fingerprint density at radius 1 is 1.29 bits per heavy atom. The summed E-state index contributed by atoms with van der Waals surface area (Å²) in [5, 5.41) is 12.3. The van der Waals surface area contributed by atoms with Crippen LogP contribution in [0.2, 0.25) is 0 Å². The highest BCUT2D eigenvalue weighted by Gasteiger charge is 2.32. The summed E-state index contributed by atoms with van der Waals surface area (Å²) in [6.45, 7) is 0.166. The van der Waals surface area contributed by atoms with Crippen LogP contribution in [-0.4, -0.2) is 39.8 Å². The van der Waals surface area contributed by atoms with E-state index >= 15 is 0 Å². The molecule has 1 fully saturated rings. The highest BCUT2D eigenvalue weighted by Crippen LogP contribution is 2.33. The van der Waals surface area contributed by atoms with Gasteiger partial charge in [0.05, 0.1) is 17.7 Å². The summed E-state index contributed by atoms with van der Waals surface area (Å²) in [5.74, 6) is 0.147. The van der Waals surface area contributed by atoms with Crippen LogP contribution in [0.3, 0.4) is 0 Å². The zero-order chi connectivity index (χ0) is 20.1. The lowest BCUT2D eigenvalue weighted by atomic mass is 10.2. The molecule has 0 bridgehead atoms. The summed E-state index contributed by atoms with van der Waals surface area (Å²) in [4.78, 5) is 26.7. The lowest BCUT2D eigenvalue weighted by molar-refractivity contribution is -0.122. The molecular formula is C20H18N2O4S2. The predicted octanol–water partition coefficient (Wildman–Crippen LogP) is 3.63. The van der Waals surface area contributed by atoms with Crippen LogP contribution >= 0.6 is 24.0 Å². The number of phenols is 1. The van der Waals surface area contributed by atoms with Gasteiger partial charge >= 0.3 is 0 Å². The average Bonchev–Trinajstić information content (AvgIpc) is 2.95. The zero-order valence-corrected chi connectivity index (χ0v) is 16.7. The number of hydrogen-bond acceptors (Lipinski definition) is 6. The lowest BCUT2D eigenvalue weighted by Crippen LogP contribution is -2.31. The molecule has 8 heteroatoms. The van der Waals surface area contributed by atoms with Crippen molar-refractivity contribution in [2.24, 2.45) is 0 Å². The van der Waals surface area contributed by atoms with E-state index < -0.39 is 0 Å². The molecule has 1 heterocycles. The Morgan fingerprint density at radius 2 is 2.07 bits per heavy atom. The van der Waals surface area contributed by atoms with E-state index in [4.69, 9.17) is 17.0 Å². The molecule has 2 N–H and O–H groups in total. The van der Waals surface area contributed by atoms with Crippen LogP contribution in [0.25, 0.3) is 6.08 Å². The minimum atomic E-state index is -0.313. The summed E-state index contributed by atoms with van der Waals surface area (Å²) in [7, 11) is 1.58. The van der Waals surface area contributed by atoms with Crippen LogP contribution in [-0.2, 0) is 9.59 Å². The highest BCUT2D eigenvalue weighted by molar-refractivity contribution is 8.26. The van der Waals surface area contributed by atoms with Gasteiger partial charge in [0.1, 0.15) is 15.8 Å². The van der Waals surface area contributed by atoms with Gasteiger partial charge in [-0.25, -0.2) is 0 Å². The maximum atomic E-state index is 12.6. The first-order valence-corrected chi connectivity index (χ1v) is 9.67. The number of benzene rings is 2. The monoisotopic (exact) mass is 414 g/mol. The molecule has 144 valence electrons. The molecule has 0 radical (unpaired) electrons. The van der Waals surface area contributed by atoms with Gasteiger partial charge in [0.2, 0.25) is 5.91 Å². The molecule has 2 aromatic carbocycles. The normalized spacial score (nSPS) is 15.2. The molecule has 3 rings (SSSR count). The molecule has 2 aromatic rings. The van der Waals surface area contributed by atoms with Gasteiger partial charge in [-0.15, -0.1) is 0 Å². The van der Waals surface area contributed by atoms with Crippen LogP contribution in [0.1, 0.15) is 12.0 Å². The third-order valence-electron chi connectivity index (χ3n) is 4.01. The van der Waals surface area contributed by atoms with Gasteiger partial charge < -0.3 is 15.2 Å². The number of carbonyl (C=O) groups excluding carboxylic acids is 2. The van der Waals surface area contributed by atoms with Crippen LogP contribution in [0, 0.1) is 0 Å². The van der Waals surface area contributed by atoms with Crippen molar-refractivity contribution >= 4 is 51.9 Å². The molecule has 1 saturated heterocycles. The smallest absolute Gasteiger partial charge is 0.266 e. The van der Waals surface area contributed by atoms with Gasteiger partial charge in [-0.05, 0) is 35.9 Å². The van der Waals surface area contributed by atoms with Crippen LogP contribution < -0.4 is 10.1 Å². The van der Waals surface area contributed by atoms with Crippen LogP contribution in [0.15, 0.2) is 53.4 Å². The molecule has 2 amide bonds. The Balaban J connectivity index is 1.63. The first kappa shape index (κ1) is 19.9. The van der Waals surface area contributed by atoms with E-state index in [0.717, 1.165) is 5.56 Å². The number of nitrogens with one attached hydrogen (secondary N) is 1. The summed E-state index contributed by atoms with van der Waals surface area (Å²) < 4.78 is 5.60. The van der Waals surface area contributed by atoms with Gasteiger partial charge in [-0.2, -0.15) is 0 Å². The Kier molecular flexibility index (Phi) is 6.33. The van der Waals surface area contributed by atoms with E-state index in [0.29, 0.717) is 20.7 Å². The standard InChI is InChI=1S/C20H18N2O4S2/c1-26-14-6-4-5-13(11-14)12-17-19(25)22(20(27)28-17)10-9-18(24)21-15-7-2-3-8-16(15)23/h2-8,11-12,23H,9-10H2,1H3,(H,21,24). The van der Waals surface area contributed by atoms with E-state index in [9.17, 15) is 14.7 Å². The van der Waals surface area contributed by atoms with Crippen molar-refractivity contribution in [1.82, 2.24) is 4.90 Å². The molecule has 0 atom stereocenters. The summed E-state index contributed by atoms with van der Waals surface area (Å²) in [6, 6.07) is 13.8. The van der Waals surface area contributed by atoms with E-state index in [1.165, 1.54) is 22.7 Å². The number of amides is 2. The Labute approximate surface area is 172 Å². The highest BCUT2D eigenvalue weighted by atomic mass is 32.2. The fraction of sp³-hybridized carbons (Fsp3) is 0.150. The molecule has 6 nitrogen and oxygen atoms in total. The van der Waals surface area contributed by atoms with Crippen molar-refractivity contribution in [2.45, 2.75) is 6.42 Å². The summed E-state index contributed by atoms with van der Waals surface area (Å²) in [6.07, 6.45) is 1.82. The van der Waals surface area contributed by atoms with Crippen LogP contribution in [0.5, 0.6) is 11.5 Å². The molecule has 28 heavy (non-hydrogen) atoms. The number of phenolic OH excluding ortho intramolecular Hbond substituents is 1. The van der Waals surface area contributed by atoms with E-state index in [1.807, 2.05) is 24.3 Å². The number of para-hydroxylation sites is 2. The van der Waals surface area contributed by atoms with Crippen molar-refractivity contribution in [1.29, 1.82) is 0 Å². The van der Waals surface area contributed by atoms with E-state index in [1.54, 1.807) is 31.4 Å². The van der Waals surface area contributed by atoms with E-state index in [-0.39, 0.29) is 30.5 Å². The van der Waals surface area contributed by atoms with Crippen LogP contribution in [0.4, 0.5) is 5.69 Å². The quantitative estimate of drug-likeness (QED) is 0.427. The fourth-order valence-electron chi connectivity index (χ4n) is 2.58. The van der Waals surface area contributed by atoms with Crippen molar-refractivity contribution in [3.63, 3.8) is 0 Å². The largest absolute Gasteiger partial charge is 0.506 e. The fourth-order valence-corrected chi connectivity index (χ4v) is 3.89. The molecule has 1 aliphatic heterocycles. The van der Waals surface area contributed by atoms with Gasteiger partial charge in [-0.3, -0.25) is 14.5 Å². The average molecular weight is 415 g/mol.